The lowest BCUT2D eigenvalue weighted by molar-refractivity contribution is -0.171. The monoisotopic (exact) mass is 1770 g/mol. The molecule has 0 aliphatic rings. The molecule has 0 saturated heterocycles. The molecule has 0 aromatic heterocycles. The van der Waals surface area contributed by atoms with Gasteiger partial charge in [-0.05, 0) is 6.42 Å². The van der Waals surface area contributed by atoms with Gasteiger partial charge in [-0.15, -0.1) is 0 Å². The topological polar surface area (TPSA) is 405 Å². The lowest BCUT2D eigenvalue weighted by Gasteiger charge is -2.31. The number of thioether (sulfide) groups is 7. The van der Waals surface area contributed by atoms with Gasteiger partial charge in [0, 0.05) is 80.5 Å². The molecule has 0 N–H and O–H groups in total. The van der Waals surface area contributed by atoms with Gasteiger partial charge in [0.05, 0.1) is 178 Å². The highest BCUT2D eigenvalue weighted by Gasteiger charge is 2.39. The number of carbonyl (C=O) groups is 14. The number of esters is 14. The van der Waals surface area contributed by atoms with Crippen LogP contribution in [0.15, 0.2) is 116 Å². The van der Waals surface area contributed by atoms with Crippen molar-refractivity contribution in [3.8, 4) is 0 Å². The van der Waals surface area contributed by atoms with Crippen LogP contribution < -0.4 is 0 Å². The van der Waals surface area contributed by atoms with Crippen LogP contribution in [0, 0.1) is 10.8 Å². The first-order valence-corrected chi connectivity index (χ1v) is 44.4. The fourth-order valence-electron chi connectivity index (χ4n) is 7.48. The van der Waals surface area contributed by atoms with E-state index in [1.165, 1.54) is 94.9 Å². The van der Waals surface area contributed by atoms with E-state index in [1.54, 1.807) is 0 Å². The molecule has 0 bridgehead atoms. The van der Waals surface area contributed by atoms with Gasteiger partial charge in [-0.25, -0.2) is 0 Å². The maximum Gasteiger partial charge on any atom is 0.311 e. The second-order valence-corrected chi connectivity index (χ2v) is 31.2. The first-order valence-electron chi connectivity index (χ1n) is 36.3. The zero-order valence-corrected chi connectivity index (χ0v) is 71.9. The molecule has 0 unspecified atom stereocenters. The minimum Gasteiger partial charge on any atom is -0.499 e. The van der Waals surface area contributed by atoms with Gasteiger partial charge in [-0.3, -0.25) is 67.1 Å². The van der Waals surface area contributed by atoms with Crippen molar-refractivity contribution in [1.29, 1.82) is 0 Å². The van der Waals surface area contributed by atoms with Gasteiger partial charge >= 0.3 is 83.6 Å². The van der Waals surface area contributed by atoms with E-state index >= 15 is 0 Å². The molecule has 0 aromatic rings. The van der Waals surface area contributed by atoms with Gasteiger partial charge in [0.25, 0.3) is 0 Å². The quantitative estimate of drug-likeness (QED) is 0.0236. The molecule has 0 aliphatic heterocycles. The second kappa shape index (κ2) is 81.0. The second-order valence-electron chi connectivity index (χ2n) is 22.7. The minimum absolute atomic E-state index is 0.0523. The van der Waals surface area contributed by atoms with Crippen LogP contribution in [0.5, 0.6) is 0 Å². The molecule has 0 fully saturated rings. The highest BCUT2D eigenvalue weighted by Crippen LogP contribution is 2.27. The Morgan fingerprint density at radius 1 is 0.216 bits per heavy atom. The van der Waals surface area contributed by atoms with E-state index in [4.69, 9.17) is 52.1 Å². The van der Waals surface area contributed by atoms with Gasteiger partial charge in [0.15, 0.2) is 0 Å². The van der Waals surface area contributed by atoms with E-state index in [2.05, 4.69) is 92.4 Å². The van der Waals surface area contributed by atoms with Gasteiger partial charge in [-0.2, -0.15) is 82.3 Å². The lowest BCUT2D eigenvalue weighted by atomic mass is 9.88. The third kappa shape index (κ3) is 75.0. The molecule has 0 heterocycles. The van der Waals surface area contributed by atoms with Crippen LogP contribution in [-0.4, -0.2) is 250 Å². The van der Waals surface area contributed by atoms with Crippen LogP contribution in [0.4, 0.5) is 0 Å². The molecule has 0 aromatic carbocycles. The van der Waals surface area contributed by atoms with Gasteiger partial charge in [0.2, 0.25) is 0 Å². The summed E-state index contributed by atoms with van der Waals surface area (Å²) in [5, 5.41) is 0. The zero-order chi connectivity index (χ0) is 86.8. The van der Waals surface area contributed by atoms with Crippen molar-refractivity contribution in [3.05, 3.63) is 116 Å². The number of hydrogen-bond acceptors (Lipinski definition) is 39. The molecule has 0 rings (SSSR count). The average molecular weight is 1780 g/mol. The fourth-order valence-corrected chi connectivity index (χ4v) is 13.3. The molecule has 656 valence electrons. The third-order valence-electron chi connectivity index (χ3n) is 13.6. The molecule has 0 aliphatic carbocycles. The number of carbonyl (C=O) groups excluding carboxylic acids is 14. The Bertz CT molecular complexity index is 2600. The normalized spacial score (nSPS) is 10.4. The molecular formula is C77H114O32S7. The molecular weight excluding hydrogens is 1660 g/mol. The average Bonchev–Trinajstić information content (AvgIpc) is 0.866. The van der Waals surface area contributed by atoms with Crippen molar-refractivity contribution in [2.75, 3.05) is 166 Å². The molecule has 0 saturated carbocycles. The van der Waals surface area contributed by atoms with Crippen LogP contribution in [0.25, 0.3) is 0 Å². The predicted molar refractivity (Wildman–Crippen MR) is 446 cm³/mol. The van der Waals surface area contributed by atoms with Crippen molar-refractivity contribution in [1.82, 2.24) is 0 Å². The Morgan fingerprint density at radius 3 is 0.509 bits per heavy atom. The zero-order valence-electron chi connectivity index (χ0n) is 66.2. The van der Waals surface area contributed by atoms with E-state index in [0.29, 0.717) is 127 Å². The molecule has 116 heavy (non-hydrogen) atoms. The summed E-state index contributed by atoms with van der Waals surface area (Å²) in [4.78, 5) is 169. The summed E-state index contributed by atoms with van der Waals surface area (Å²) in [5.41, 5.74) is -2.48. The molecule has 0 radical (unpaired) electrons. The lowest BCUT2D eigenvalue weighted by Crippen LogP contribution is -2.44. The maximum atomic E-state index is 12.8. The van der Waals surface area contributed by atoms with E-state index in [9.17, 15) is 67.1 Å². The Morgan fingerprint density at radius 2 is 0.362 bits per heavy atom. The standard InChI is InChI=1S/C37H52O16S4.C30H44O12S3.C10H18O4/c1-5-46-29(38)9-17-54-21-13-33(42)50-25-37(26-51-34(43)14-22-55-18-10-30(39)47-6-2,27-52-35(44)15-23-56-19-11-31(40)48-7-3)28-53-36(45)16-24-57-20-12-32(41)49-8-4;1-5-30(21-40-27(34)12-18-43-15-9-24(31)37-6-2,22-41-28(35)13-19-44-16-10-25(32)38-7-3)23-42-29(36)14-20-45-17-11-26(33)39-8-4;1-3-11-5-7-13-9-10-14-8-6-12-4-2/h5-8H,1-4,9-28H2;6-8H,2-5,9-23H2,1H3;3-4H,1-2,5-10H2. The Balaban J connectivity index is -0.00000192. The largest absolute Gasteiger partial charge is 0.499 e. The van der Waals surface area contributed by atoms with Crippen molar-refractivity contribution in [2.45, 2.75) is 103 Å². The Hall–Kier alpha value is -7.79. The van der Waals surface area contributed by atoms with Crippen LogP contribution in [0.3, 0.4) is 0 Å². The summed E-state index contributed by atoms with van der Waals surface area (Å²) < 4.78 is 91.3. The van der Waals surface area contributed by atoms with Crippen molar-refractivity contribution in [2.24, 2.45) is 10.8 Å². The molecule has 0 atom stereocenters. The van der Waals surface area contributed by atoms with Crippen molar-refractivity contribution < 1.29 is 152 Å². The van der Waals surface area contributed by atoms with Gasteiger partial charge in [0.1, 0.15) is 64.9 Å². The summed E-state index contributed by atoms with van der Waals surface area (Å²) >= 11 is 9.45. The fraction of sp³-hybridized carbons (Fsp3) is 0.584. The molecule has 0 amide bonds. The SMILES string of the molecule is C=COC(=O)CCSCCC(=O)OCC(CC)(COC(=O)CCSCCC(=O)OC=C)COC(=O)CCSCCC(=O)OC=C.C=COC(=O)CCSCCC(=O)OCC(COC(=O)CCSCCC(=O)OC=C)(COC(=O)CCSCCC(=O)OC=C)COC(=O)CCSCCC(=O)OC=C.C=COCCOCCOCCOC=C. The smallest absolute Gasteiger partial charge is 0.311 e. The first-order chi connectivity index (χ1) is 55.9. The Labute approximate surface area is 709 Å². The maximum absolute atomic E-state index is 12.8. The molecule has 39 heteroatoms. The van der Waals surface area contributed by atoms with Gasteiger partial charge in [-0.1, -0.05) is 66.1 Å². The number of rotatable bonds is 75. The molecule has 0 spiro atoms. The van der Waals surface area contributed by atoms with E-state index in [1.807, 2.05) is 6.92 Å². The van der Waals surface area contributed by atoms with Crippen molar-refractivity contribution in [3.63, 3.8) is 0 Å². The summed E-state index contributed by atoms with van der Waals surface area (Å²) in [6.45, 7) is 32.9. The first kappa shape index (κ1) is 112. The van der Waals surface area contributed by atoms with E-state index < -0.39 is 121 Å². The Kier molecular flexibility index (Phi) is 78.4. The summed E-state index contributed by atoms with van der Waals surface area (Å²) in [5.74, 6) is -1.64. The highest BCUT2D eigenvalue weighted by atomic mass is 32.2. The van der Waals surface area contributed by atoms with Crippen LogP contribution in [0.2, 0.25) is 0 Å². The summed E-state index contributed by atoms with van der Waals surface area (Å²) in [7, 11) is 0. The van der Waals surface area contributed by atoms with E-state index in [-0.39, 0.29) is 110 Å². The van der Waals surface area contributed by atoms with Crippen molar-refractivity contribution >= 4 is 166 Å². The summed E-state index contributed by atoms with van der Waals surface area (Å²) in [6, 6.07) is 0. The predicted octanol–water partition coefficient (Wildman–Crippen LogP) is 10.9. The molecule has 32 nitrogen and oxygen atoms in total. The van der Waals surface area contributed by atoms with Crippen LogP contribution in [0.1, 0.15) is 103 Å². The third-order valence-corrected chi connectivity index (χ3v) is 20.5. The number of hydrogen-bond donors (Lipinski definition) is 0. The minimum atomic E-state index is -1.51. The van der Waals surface area contributed by atoms with Crippen LogP contribution in [-0.2, 0) is 152 Å². The van der Waals surface area contributed by atoms with Gasteiger partial charge < -0.3 is 85.3 Å². The van der Waals surface area contributed by atoms with Crippen LogP contribution >= 0.6 is 82.3 Å². The van der Waals surface area contributed by atoms with E-state index in [0.717, 1.165) is 43.8 Å². The number of ether oxygens (including phenoxy) is 18. The summed E-state index contributed by atoms with van der Waals surface area (Å²) in [6.07, 6.45) is 11.5. The highest BCUT2D eigenvalue weighted by molar-refractivity contribution is 8.00.